The first kappa shape index (κ1) is 23.4. The average Bonchev–Trinajstić information content (AvgIpc) is 3.25. The smallest absolute Gasteiger partial charge is 0.251 e. The van der Waals surface area contributed by atoms with E-state index in [-0.39, 0.29) is 29.9 Å². The summed E-state index contributed by atoms with van der Waals surface area (Å²) in [5.74, 6) is 1.19. The minimum atomic E-state index is -0.0835. The largest absolute Gasteiger partial charge is 0.444 e. The fourth-order valence-electron chi connectivity index (χ4n) is 2.83. The molecule has 0 radical (unpaired) electrons. The fraction of sp³-hybridized carbons (Fsp3) is 0.227. The topological polar surface area (TPSA) is 91.5 Å². The molecule has 3 N–H and O–H groups in total. The number of hydrogen-bond donors (Lipinski definition) is 3. The number of nitrogens with one attached hydrogen (secondary N) is 3. The zero-order valence-corrected chi connectivity index (χ0v) is 19.3. The molecule has 7 nitrogen and oxygen atoms in total. The zero-order chi connectivity index (χ0) is 20.5. The molecule has 0 bridgehead atoms. The van der Waals surface area contributed by atoms with E-state index in [0.29, 0.717) is 30.5 Å². The summed E-state index contributed by atoms with van der Waals surface area (Å²) in [6.45, 7) is 1.19. The number of guanidine groups is 1. The molecular weight excluding hydrogens is 493 g/mol. The second-order valence-corrected chi connectivity index (χ2v) is 6.39. The first-order valence-corrected chi connectivity index (χ1v) is 9.45. The van der Waals surface area contributed by atoms with Gasteiger partial charge in [0.25, 0.3) is 5.91 Å². The molecule has 0 saturated carbocycles. The van der Waals surface area contributed by atoms with Crippen molar-refractivity contribution in [2.24, 2.45) is 4.99 Å². The van der Waals surface area contributed by atoms with Gasteiger partial charge in [0, 0.05) is 31.8 Å². The van der Waals surface area contributed by atoms with E-state index in [1.807, 2.05) is 48.5 Å². The highest BCUT2D eigenvalue weighted by molar-refractivity contribution is 14.0. The predicted molar refractivity (Wildman–Crippen MR) is 129 cm³/mol. The summed E-state index contributed by atoms with van der Waals surface area (Å²) in [6.07, 6.45) is 2.42. The van der Waals surface area contributed by atoms with Crippen LogP contribution in [0.4, 0.5) is 0 Å². The van der Waals surface area contributed by atoms with E-state index in [4.69, 9.17) is 4.42 Å². The number of aromatic nitrogens is 1. The molecule has 8 heteroatoms. The van der Waals surface area contributed by atoms with Crippen LogP contribution in [0.1, 0.15) is 21.6 Å². The SMILES string of the molecule is CN=C(NCCc1cccc(C(=O)NC)c1)NCc1coc(-c2ccccc2)n1.I. The number of halogens is 1. The zero-order valence-electron chi connectivity index (χ0n) is 17.0. The lowest BCUT2D eigenvalue weighted by atomic mass is 10.1. The van der Waals surface area contributed by atoms with Crippen molar-refractivity contribution in [3.63, 3.8) is 0 Å². The number of carbonyl (C=O) groups excluding carboxylic acids is 1. The van der Waals surface area contributed by atoms with Gasteiger partial charge < -0.3 is 20.4 Å². The molecule has 2 aromatic carbocycles. The van der Waals surface area contributed by atoms with Crippen molar-refractivity contribution in [1.29, 1.82) is 0 Å². The summed E-state index contributed by atoms with van der Waals surface area (Å²) in [5, 5.41) is 9.14. The normalized spacial score (nSPS) is 10.8. The number of oxazole rings is 1. The Balaban J connectivity index is 0.00000320. The molecule has 3 aromatic rings. The van der Waals surface area contributed by atoms with Gasteiger partial charge in [-0.15, -0.1) is 24.0 Å². The number of amides is 1. The molecule has 0 aliphatic rings. The fourth-order valence-corrected chi connectivity index (χ4v) is 2.83. The van der Waals surface area contributed by atoms with Gasteiger partial charge in [0.05, 0.1) is 12.2 Å². The Morgan fingerprint density at radius 3 is 2.63 bits per heavy atom. The van der Waals surface area contributed by atoms with E-state index in [0.717, 1.165) is 23.2 Å². The average molecular weight is 519 g/mol. The van der Waals surface area contributed by atoms with Gasteiger partial charge in [-0.25, -0.2) is 4.98 Å². The minimum Gasteiger partial charge on any atom is -0.444 e. The van der Waals surface area contributed by atoms with Crippen LogP contribution in [0.2, 0.25) is 0 Å². The highest BCUT2D eigenvalue weighted by Gasteiger charge is 2.07. The van der Waals surface area contributed by atoms with Crippen molar-refractivity contribution in [3.05, 3.63) is 77.7 Å². The van der Waals surface area contributed by atoms with Gasteiger partial charge in [0.2, 0.25) is 5.89 Å². The van der Waals surface area contributed by atoms with Crippen molar-refractivity contribution in [2.45, 2.75) is 13.0 Å². The Bertz CT molecular complexity index is 972. The van der Waals surface area contributed by atoms with Crippen LogP contribution in [-0.2, 0) is 13.0 Å². The third-order valence-electron chi connectivity index (χ3n) is 4.36. The quantitative estimate of drug-likeness (QED) is 0.253. The van der Waals surface area contributed by atoms with E-state index < -0.39 is 0 Å². The van der Waals surface area contributed by atoms with E-state index in [2.05, 4.69) is 25.9 Å². The van der Waals surface area contributed by atoms with Crippen molar-refractivity contribution in [1.82, 2.24) is 20.9 Å². The van der Waals surface area contributed by atoms with E-state index >= 15 is 0 Å². The van der Waals surface area contributed by atoms with Gasteiger partial charge in [-0.1, -0.05) is 30.3 Å². The molecule has 1 aromatic heterocycles. The first-order valence-electron chi connectivity index (χ1n) is 9.45. The van der Waals surface area contributed by atoms with Gasteiger partial charge >= 0.3 is 0 Å². The summed E-state index contributed by atoms with van der Waals surface area (Å²) in [4.78, 5) is 20.5. The van der Waals surface area contributed by atoms with Gasteiger partial charge in [0.1, 0.15) is 6.26 Å². The summed E-state index contributed by atoms with van der Waals surface area (Å²) in [7, 11) is 3.35. The molecule has 1 amide bonds. The lowest BCUT2D eigenvalue weighted by Crippen LogP contribution is -2.37. The van der Waals surface area contributed by atoms with Crippen molar-refractivity contribution in [2.75, 3.05) is 20.6 Å². The molecule has 0 atom stereocenters. The van der Waals surface area contributed by atoms with Gasteiger partial charge in [-0.3, -0.25) is 9.79 Å². The van der Waals surface area contributed by atoms with Crippen LogP contribution in [0.5, 0.6) is 0 Å². The summed E-state index contributed by atoms with van der Waals surface area (Å²) >= 11 is 0. The summed E-state index contributed by atoms with van der Waals surface area (Å²) in [6, 6.07) is 17.4. The Morgan fingerprint density at radius 1 is 1.10 bits per heavy atom. The van der Waals surface area contributed by atoms with Crippen molar-refractivity contribution >= 4 is 35.8 Å². The van der Waals surface area contributed by atoms with E-state index in [1.165, 1.54) is 0 Å². The van der Waals surface area contributed by atoms with Gasteiger partial charge in [0.15, 0.2) is 5.96 Å². The van der Waals surface area contributed by atoms with Gasteiger partial charge in [-0.2, -0.15) is 0 Å². The maximum absolute atomic E-state index is 11.7. The van der Waals surface area contributed by atoms with Crippen molar-refractivity contribution in [3.8, 4) is 11.5 Å². The van der Waals surface area contributed by atoms with Crippen molar-refractivity contribution < 1.29 is 9.21 Å². The molecule has 1 heterocycles. The highest BCUT2D eigenvalue weighted by atomic mass is 127. The maximum atomic E-state index is 11.7. The minimum absolute atomic E-state index is 0. The lowest BCUT2D eigenvalue weighted by Gasteiger charge is -2.11. The molecule has 0 fully saturated rings. The van der Waals surface area contributed by atoms with Crippen LogP contribution in [-0.4, -0.2) is 37.5 Å². The second-order valence-electron chi connectivity index (χ2n) is 6.39. The molecule has 0 aliphatic heterocycles. The Hall–Kier alpha value is -2.88. The highest BCUT2D eigenvalue weighted by Crippen LogP contribution is 2.17. The molecular formula is C22H26IN5O2. The molecule has 0 aliphatic carbocycles. The van der Waals surface area contributed by atoms with Crippen LogP contribution in [0.25, 0.3) is 11.5 Å². The number of carbonyl (C=O) groups is 1. The number of nitrogens with zero attached hydrogens (tertiary/aromatic N) is 2. The van der Waals surface area contributed by atoms with Crippen LogP contribution in [0.15, 0.2) is 70.3 Å². The molecule has 30 heavy (non-hydrogen) atoms. The number of rotatable bonds is 7. The molecule has 0 saturated heterocycles. The lowest BCUT2D eigenvalue weighted by molar-refractivity contribution is 0.0963. The molecule has 158 valence electrons. The van der Waals surface area contributed by atoms with E-state index in [9.17, 15) is 4.79 Å². The molecule has 0 unspecified atom stereocenters. The third-order valence-corrected chi connectivity index (χ3v) is 4.36. The van der Waals surface area contributed by atoms with Gasteiger partial charge in [-0.05, 0) is 36.2 Å². The molecule has 3 rings (SSSR count). The monoisotopic (exact) mass is 519 g/mol. The molecule has 0 spiro atoms. The summed E-state index contributed by atoms with van der Waals surface area (Å²) < 4.78 is 5.55. The van der Waals surface area contributed by atoms with Crippen LogP contribution < -0.4 is 16.0 Å². The van der Waals surface area contributed by atoms with E-state index in [1.54, 1.807) is 26.4 Å². The third kappa shape index (κ3) is 6.58. The second kappa shape index (κ2) is 12.0. The maximum Gasteiger partial charge on any atom is 0.251 e. The predicted octanol–water partition coefficient (Wildman–Crippen LogP) is 3.23. The van der Waals surface area contributed by atoms with Crippen LogP contribution in [0, 0.1) is 0 Å². The number of benzene rings is 2. The Morgan fingerprint density at radius 2 is 1.90 bits per heavy atom. The first-order chi connectivity index (χ1) is 14.2. The van der Waals surface area contributed by atoms with Crippen LogP contribution in [0.3, 0.4) is 0 Å². The Labute approximate surface area is 193 Å². The Kier molecular flexibility index (Phi) is 9.33. The standard InChI is InChI=1S/C22H25N5O2.HI/c1-23-20(28)18-10-6-7-16(13-18)11-12-25-22(24-2)26-14-19-15-29-21(27-19)17-8-4-3-5-9-17;/h3-10,13,15H,11-12,14H2,1-2H3,(H,23,28)(H2,24,25,26);1H. The number of aliphatic imine (C=N–C) groups is 1. The summed E-state index contributed by atoms with van der Waals surface area (Å²) in [5.41, 5.74) is 3.48. The van der Waals surface area contributed by atoms with Crippen LogP contribution >= 0.6 is 24.0 Å². The number of hydrogen-bond acceptors (Lipinski definition) is 4.